The maximum atomic E-state index is 13.9. The molecule has 1 aliphatic heterocycles. The molecule has 1 fully saturated rings. The number of ether oxygens (including phenoxy) is 1. The topological polar surface area (TPSA) is 91.8 Å². The molecule has 39 heavy (non-hydrogen) atoms. The Hall–Kier alpha value is -3.56. The largest absolute Gasteiger partial charge is 0.480 e. The number of hydrogen-bond acceptors (Lipinski definition) is 5. The number of halogens is 4. The van der Waals surface area contributed by atoms with Crippen LogP contribution in [-0.4, -0.2) is 61.0 Å². The summed E-state index contributed by atoms with van der Waals surface area (Å²) >= 11 is 0. The molecule has 1 atom stereocenters. The summed E-state index contributed by atoms with van der Waals surface area (Å²) in [6.45, 7) is 3.34. The molecule has 1 amide bonds. The van der Waals surface area contributed by atoms with Crippen LogP contribution in [0.4, 0.5) is 23.2 Å². The fourth-order valence-corrected chi connectivity index (χ4v) is 3.56. The van der Waals surface area contributed by atoms with Crippen LogP contribution >= 0.6 is 9.24 Å². The van der Waals surface area contributed by atoms with Gasteiger partial charge in [0, 0.05) is 37.1 Å². The number of nitrogens with zero attached hydrogens (tertiary/aromatic N) is 2. The number of nitrogens with one attached hydrogen (secondary N) is 1. The van der Waals surface area contributed by atoms with E-state index in [-0.39, 0.29) is 0 Å². The van der Waals surface area contributed by atoms with Crippen LogP contribution in [0.5, 0.6) is 0 Å². The van der Waals surface area contributed by atoms with Gasteiger partial charge in [0.25, 0.3) is 5.91 Å². The first-order valence-electron chi connectivity index (χ1n) is 11.9. The lowest BCUT2D eigenvalue weighted by Gasteiger charge is -2.29. The van der Waals surface area contributed by atoms with E-state index < -0.39 is 41.8 Å². The fraction of sp³-hybridized carbons (Fsp3) is 0.296. The molecule has 0 radical (unpaired) electrons. The predicted octanol–water partition coefficient (Wildman–Crippen LogP) is 4.68. The third kappa shape index (κ3) is 11.8. The van der Waals surface area contributed by atoms with Gasteiger partial charge in [-0.2, -0.15) is 0 Å². The highest BCUT2D eigenvalue weighted by Gasteiger charge is 2.21. The van der Waals surface area contributed by atoms with Crippen molar-refractivity contribution in [3.8, 4) is 0 Å². The van der Waals surface area contributed by atoms with Gasteiger partial charge >= 0.3 is 5.97 Å². The molecule has 2 heterocycles. The van der Waals surface area contributed by atoms with Crippen LogP contribution in [0.3, 0.4) is 0 Å². The molecule has 3 aromatic rings. The van der Waals surface area contributed by atoms with Crippen molar-refractivity contribution in [3.63, 3.8) is 0 Å². The molecule has 1 saturated heterocycles. The van der Waals surface area contributed by atoms with E-state index in [0.717, 1.165) is 24.2 Å². The monoisotopic (exact) mass is 567 g/mol. The Kier molecular flexibility index (Phi) is 13.3. The molecule has 1 aliphatic rings. The Bertz CT molecular complexity index is 1190. The highest BCUT2D eigenvalue weighted by molar-refractivity contribution is 7.16. The maximum Gasteiger partial charge on any atom is 0.322 e. The SMILES string of the molecule is Cc1cccc(Cc2ccccn2)c1.FC(F)P.O=C(O)CNC(=O)c1c(F)cc(N2CCOCC2)cc1F. The molecule has 0 aliphatic carbocycles. The number of hydrogen-bond donors (Lipinski definition) is 2. The number of aliphatic carboxylic acids is 1. The van der Waals surface area contributed by atoms with Crippen LogP contribution in [0, 0.1) is 18.6 Å². The van der Waals surface area contributed by atoms with Crippen molar-refractivity contribution in [3.05, 3.63) is 94.8 Å². The van der Waals surface area contributed by atoms with Crippen LogP contribution in [0.2, 0.25) is 0 Å². The van der Waals surface area contributed by atoms with Crippen molar-refractivity contribution in [1.29, 1.82) is 0 Å². The molecular formula is C27H30F4N3O4P. The zero-order chi connectivity index (χ0) is 28.8. The van der Waals surface area contributed by atoms with E-state index in [1.165, 1.54) is 20.4 Å². The van der Waals surface area contributed by atoms with Crippen LogP contribution in [0.1, 0.15) is 27.2 Å². The fourth-order valence-electron chi connectivity index (χ4n) is 3.56. The molecule has 210 valence electrons. The molecule has 2 N–H and O–H groups in total. The summed E-state index contributed by atoms with van der Waals surface area (Å²) < 4.78 is 53.6. The highest BCUT2D eigenvalue weighted by Crippen LogP contribution is 2.23. The molecule has 0 spiro atoms. The van der Waals surface area contributed by atoms with E-state index in [0.29, 0.717) is 32.0 Å². The van der Waals surface area contributed by atoms with Crippen molar-refractivity contribution >= 4 is 26.8 Å². The summed E-state index contributed by atoms with van der Waals surface area (Å²) in [5.41, 5.74) is 3.29. The van der Waals surface area contributed by atoms with E-state index in [1.807, 2.05) is 23.6 Å². The number of carbonyl (C=O) groups is 2. The molecule has 1 aromatic heterocycles. The van der Waals surface area contributed by atoms with E-state index >= 15 is 0 Å². The zero-order valence-electron chi connectivity index (χ0n) is 21.2. The molecule has 0 bridgehead atoms. The Balaban J connectivity index is 0.000000254. The molecule has 12 heteroatoms. The summed E-state index contributed by atoms with van der Waals surface area (Å²) in [5.74, 6) is -4.45. The van der Waals surface area contributed by atoms with Crippen molar-refractivity contribution in [2.75, 3.05) is 37.7 Å². The lowest BCUT2D eigenvalue weighted by molar-refractivity contribution is -0.135. The zero-order valence-corrected chi connectivity index (χ0v) is 22.4. The van der Waals surface area contributed by atoms with Crippen molar-refractivity contribution < 1.29 is 37.0 Å². The summed E-state index contributed by atoms with van der Waals surface area (Å²) in [5, 5.41) is 10.4. The van der Waals surface area contributed by atoms with Gasteiger partial charge < -0.3 is 20.1 Å². The van der Waals surface area contributed by atoms with Gasteiger partial charge in [-0.1, -0.05) is 45.1 Å². The minimum Gasteiger partial charge on any atom is -0.480 e. The second-order valence-corrected chi connectivity index (χ2v) is 8.79. The minimum atomic E-state index is -2.25. The molecule has 1 unspecified atom stereocenters. The number of pyridine rings is 1. The number of carbonyl (C=O) groups excluding carboxylic acids is 1. The predicted molar refractivity (Wildman–Crippen MR) is 143 cm³/mol. The lowest BCUT2D eigenvalue weighted by Crippen LogP contribution is -2.36. The minimum absolute atomic E-state index is 0.322. The Morgan fingerprint density at radius 1 is 1.08 bits per heavy atom. The average Bonchev–Trinajstić information content (AvgIpc) is 2.88. The van der Waals surface area contributed by atoms with Crippen LogP contribution in [0.25, 0.3) is 0 Å². The standard InChI is InChI=1S/C13H14F2N2O4.C13H13N.CH3F2P/c14-9-5-8(17-1-3-21-4-2-17)6-10(15)12(9)13(20)16-7-11(18)19;1-11-5-4-6-12(9-11)10-13-7-2-3-8-14-13;2-1(3)4/h5-6H,1-4,7H2,(H,16,20)(H,18,19);2-9H,10H2,1H3;1H,4H2. The number of rotatable bonds is 6. The molecule has 0 saturated carbocycles. The van der Waals surface area contributed by atoms with Crippen molar-refractivity contribution in [1.82, 2.24) is 10.3 Å². The number of anilines is 1. The van der Waals surface area contributed by atoms with Gasteiger partial charge in [-0.3, -0.25) is 14.6 Å². The molecule has 7 nitrogen and oxygen atoms in total. The van der Waals surface area contributed by atoms with E-state index in [4.69, 9.17) is 9.84 Å². The van der Waals surface area contributed by atoms with E-state index in [2.05, 4.69) is 42.2 Å². The second kappa shape index (κ2) is 16.4. The number of morpholine rings is 1. The number of carboxylic acid groups (broad SMARTS) is 1. The number of amides is 1. The summed E-state index contributed by atoms with van der Waals surface area (Å²) in [6.07, 6.45) is 0.508. The molecule has 2 aromatic carbocycles. The van der Waals surface area contributed by atoms with Crippen molar-refractivity contribution in [2.24, 2.45) is 0 Å². The van der Waals surface area contributed by atoms with E-state index in [1.54, 1.807) is 4.90 Å². The number of aromatic nitrogens is 1. The summed E-state index contributed by atoms with van der Waals surface area (Å²) in [7, 11) is 1.32. The maximum absolute atomic E-state index is 13.9. The summed E-state index contributed by atoms with van der Waals surface area (Å²) in [4.78, 5) is 28.0. The molecule has 4 rings (SSSR count). The van der Waals surface area contributed by atoms with Gasteiger partial charge in [0.1, 0.15) is 23.7 Å². The number of aryl methyl sites for hydroxylation is 1. The van der Waals surface area contributed by atoms with Crippen LogP contribution in [0.15, 0.2) is 60.8 Å². The van der Waals surface area contributed by atoms with Crippen LogP contribution in [-0.2, 0) is 16.0 Å². The van der Waals surface area contributed by atoms with Gasteiger partial charge in [0.2, 0.25) is 6.17 Å². The third-order valence-corrected chi connectivity index (χ3v) is 5.22. The molecular weight excluding hydrogens is 537 g/mol. The Morgan fingerprint density at radius 2 is 1.72 bits per heavy atom. The first-order chi connectivity index (χ1) is 18.6. The normalized spacial score (nSPS) is 12.5. The van der Waals surface area contributed by atoms with Gasteiger partial charge in [0.05, 0.1) is 13.2 Å². The second-order valence-electron chi connectivity index (χ2n) is 8.28. The first-order valence-corrected chi connectivity index (χ1v) is 12.5. The Labute approximate surface area is 226 Å². The number of carboxylic acids is 1. The van der Waals surface area contributed by atoms with Gasteiger partial charge in [-0.15, -0.1) is 0 Å². The first kappa shape index (κ1) is 31.7. The summed E-state index contributed by atoms with van der Waals surface area (Å²) in [6, 6.07) is 16.7. The highest BCUT2D eigenvalue weighted by atomic mass is 31.0. The lowest BCUT2D eigenvalue weighted by atomic mass is 10.1. The Morgan fingerprint density at radius 3 is 2.26 bits per heavy atom. The van der Waals surface area contributed by atoms with Crippen molar-refractivity contribution in [2.45, 2.75) is 19.5 Å². The number of benzene rings is 2. The number of alkyl halides is 2. The van der Waals surface area contributed by atoms with Crippen LogP contribution < -0.4 is 10.2 Å². The van der Waals surface area contributed by atoms with Gasteiger partial charge in [-0.25, -0.2) is 17.6 Å². The van der Waals surface area contributed by atoms with Gasteiger partial charge in [-0.05, 0) is 36.8 Å². The average molecular weight is 568 g/mol. The van der Waals surface area contributed by atoms with Gasteiger partial charge in [0.15, 0.2) is 0 Å². The quantitative estimate of drug-likeness (QED) is 0.332. The van der Waals surface area contributed by atoms with E-state index in [9.17, 15) is 27.2 Å². The third-order valence-electron chi connectivity index (χ3n) is 5.22. The smallest absolute Gasteiger partial charge is 0.322 e.